The van der Waals surface area contributed by atoms with E-state index in [0.29, 0.717) is 6.61 Å². The van der Waals surface area contributed by atoms with E-state index >= 15 is 0 Å². The fourth-order valence-corrected chi connectivity index (χ4v) is 3.14. The van der Waals surface area contributed by atoms with E-state index in [2.05, 4.69) is 58.5 Å². The van der Waals surface area contributed by atoms with Crippen molar-refractivity contribution in [3.05, 3.63) is 71.9 Å². The molecule has 0 fully saturated rings. The third kappa shape index (κ3) is 3.87. The summed E-state index contributed by atoms with van der Waals surface area (Å²) in [6.45, 7) is 5.57. The Bertz CT molecular complexity index is 925. The summed E-state index contributed by atoms with van der Waals surface area (Å²) in [4.78, 5) is 4.62. The topological polar surface area (TPSA) is 61.5 Å². The second-order valence-corrected chi connectivity index (χ2v) is 6.62. The zero-order valence-corrected chi connectivity index (χ0v) is 16.2. The highest BCUT2D eigenvalue weighted by Gasteiger charge is 2.22. The first-order chi connectivity index (χ1) is 13.8. The Hall–Kier alpha value is -3.25. The summed E-state index contributed by atoms with van der Waals surface area (Å²) in [5, 5.41) is 5.35. The van der Waals surface area contributed by atoms with E-state index < -0.39 is 0 Å². The monoisotopic (exact) mass is 375 g/mol. The Balaban J connectivity index is 1.44. The molecular weight excluding hydrogens is 350 g/mol. The van der Waals surface area contributed by atoms with Gasteiger partial charge in [-0.1, -0.05) is 31.2 Å². The summed E-state index contributed by atoms with van der Waals surface area (Å²) in [7, 11) is 0. The summed E-state index contributed by atoms with van der Waals surface area (Å²) >= 11 is 0. The smallest absolute Gasteiger partial charge is 0.174 e. The molecule has 1 aliphatic rings. The van der Waals surface area contributed by atoms with E-state index in [1.165, 1.54) is 11.1 Å². The largest absolute Gasteiger partial charge is 0.494 e. The Morgan fingerprint density at radius 1 is 1.00 bits per heavy atom. The van der Waals surface area contributed by atoms with Crippen LogP contribution in [0.25, 0.3) is 0 Å². The van der Waals surface area contributed by atoms with Gasteiger partial charge in [0.2, 0.25) is 0 Å². The van der Waals surface area contributed by atoms with Crippen LogP contribution in [-0.4, -0.2) is 11.6 Å². The molecule has 0 saturated heterocycles. The lowest BCUT2D eigenvalue weighted by Crippen LogP contribution is -2.31. The third-order valence-electron chi connectivity index (χ3n) is 4.71. The number of anilines is 4. The number of benzene rings is 2. The van der Waals surface area contributed by atoms with Gasteiger partial charge in [0.05, 0.1) is 29.9 Å². The molecule has 4 rings (SSSR count). The molecule has 28 heavy (non-hydrogen) atoms. The highest BCUT2D eigenvalue weighted by Crippen LogP contribution is 2.34. The molecule has 0 bridgehead atoms. The van der Waals surface area contributed by atoms with Crippen molar-refractivity contribution < 1.29 is 4.74 Å². The third-order valence-corrected chi connectivity index (χ3v) is 4.71. The molecule has 0 aliphatic carbocycles. The van der Waals surface area contributed by atoms with Gasteiger partial charge >= 0.3 is 0 Å². The molecule has 0 radical (unpaired) electrons. The summed E-state index contributed by atoms with van der Waals surface area (Å²) in [6.07, 6.45) is 2.92. The molecule has 1 aliphatic heterocycles. The van der Waals surface area contributed by atoms with E-state index in [-0.39, 0.29) is 0 Å². The average Bonchev–Trinajstić information content (AvgIpc) is 3.17. The number of aryl methyl sites for hydroxylation is 1. The average molecular weight is 375 g/mol. The SMILES string of the molecule is CCOc1ccc(N2NNc3cc(NCc4ccc(CC)cc4)cnc32)cc1. The molecule has 6 heteroatoms. The lowest BCUT2D eigenvalue weighted by Gasteiger charge is -2.17. The Morgan fingerprint density at radius 3 is 2.46 bits per heavy atom. The van der Waals surface area contributed by atoms with Crippen LogP contribution in [0.5, 0.6) is 5.75 Å². The van der Waals surface area contributed by atoms with Crippen LogP contribution in [0.15, 0.2) is 60.8 Å². The molecule has 3 aromatic rings. The van der Waals surface area contributed by atoms with Crippen molar-refractivity contribution in [1.82, 2.24) is 10.5 Å². The van der Waals surface area contributed by atoms with Gasteiger partial charge in [-0.2, -0.15) is 0 Å². The number of hydrogen-bond acceptors (Lipinski definition) is 6. The van der Waals surface area contributed by atoms with Gasteiger partial charge in [0.1, 0.15) is 5.75 Å². The first-order valence-corrected chi connectivity index (χ1v) is 9.63. The van der Waals surface area contributed by atoms with Crippen molar-refractivity contribution in [2.75, 3.05) is 22.4 Å². The van der Waals surface area contributed by atoms with Gasteiger partial charge in [-0.25, -0.2) is 9.99 Å². The molecule has 0 saturated carbocycles. The van der Waals surface area contributed by atoms with Gasteiger partial charge < -0.3 is 10.1 Å². The predicted molar refractivity (Wildman–Crippen MR) is 114 cm³/mol. The number of ether oxygens (including phenoxy) is 1. The number of pyridine rings is 1. The van der Waals surface area contributed by atoms with Crippen LogP contribution in [0.3, 0.4) is 0 Å². The van der Waals surface area contributed by atoms with E-state index in [9.17, 15) is 0 Å². The molecule has 1 aromatic heterocycles. The maximum atomic E-state index is 5.51. The molecule has 0 amide bonds. The maximum absolute atomic E-state index is 5.51. The molecule has 2 heterocycles. The summed E-state index contributed by atoms with van der Waals surface area (Å²) in [5.41, 5.74) is 11.8. The van der Waals surface area contributed by atoms with Crippen LogP contribution in [0.4, 0.5) is 22.9 Å². The first-order valence-electron chi connectivity index (χ1n) is 9.63. The van der Waals surface area contributed by atoms with E-state index in [1.807, 2.05) is 42.4 Å². The van der Waals surface area contributed by atoms with Gasteiger partial charge in [0.25, 0.3) is 0 Å². The highest BCUT2D eigenvalue weighted by molar-refractivity contribution is 5.78. The fourth-order valence-electron chi connectivity index (χ4n) is 3.14. The second kappa shape index (κ2) is 8.19. The molecule has 144 valence electrons. The van der Waals surface area contributed by atoms with Crippen LogP contribution in [0.1, 0.15) is 25.0 Å². The zero-order chi connectivity index (χ0) is 19.3. The maximum Gasteiger partial charge on any atom is 0.174 e. The van der Waals surface area contributed by atoms with Crippen LogP contribution in [0, 0.1) is 0 Å². The molecule has 0 unspecified atom stereocenters. The van der Waals surface area contributed by atoms with Crippen molar-refractivity contribution in [3.8, 4) is 5.75 Å². The fraction of sp³-hybridized carbons (Fsp3) is 0.227. The number of aromatic nitrogens is 1. The normalized spacial score (nSPS) is 12.4. The number of nitrogens with zero attached hydrogens (tertiary/aromatic N) is 2. The van der Waals surface area contributed by atoms with Gasteiger partial charge in [-0.3, -0.25) is 5.43 Å². The number of rotatable bonds is 7. The van der Waals surface area contributed by atoms with Gasteiger partial charge in [0.15, 0.2) is 5.82 Å². The van der Waals surface area contributed by atoms with E-state index in [4.69, 9.17) is 4.74 Å². The van der Waals surface area contributed by atoms with Crippen molar-refractivity contribution in [3.63, 3.8) is 0 Å². The molecule has 6 nitrogen and oxygen atoms in total. The Kier molecular flexibility index (Phi) is 5.30. The summed E-state index contributed by atoms with van der Waals surface area (Å²) in [6, 6.07) is 18.7. The van der Waals surface area contributed by atoms with E-state index in [1.54, 1.807) is 0 Å². The van der Waals surface area contributed by atoms with Crippen LogP contribution < -0.4 is 26.0 Å². The molecular formula is C22H25N5O. The Labute approximate surface area is 165 Å². The quantitative estimate of drug-likeness (QED) is 0.559. The van der Waals surface area contributed by atoms with Crippen molar-refractivity contribution in [2.24, 2.45) is 0 Å². The van der Waals surface area contributed by atoms with Gasteiger partial charge in [-0.15, -0.1) is 5.53 Å². The highest BCUT2D eigenvalue weighted by atomic mass is 16.5. The minimum atomic E-state index is 0.659. The van der Waals surface area contributed by atoms with Gasteiger partial charge in [-0.05, 0) is 54.8 Å². The Morgan fingerprint density at radius 2 is 1.75 bits per heavy atom. The lowest BCUT2D eigenvalue weighted by molar-refractivity contribution is 0.340. The zero-order valence-electron chi connectivity index (χ0n) is 16.2. The standard InChI is InChI=1S/C22H25N5O/c1-3-16-5-7-17(8-6-16)14-23-18-13-21-22(24-15-18)27(26-25-21)19-9-11-20(12-10-19)28-4-2/h5-13,15,23,25-26H,3-4,14H2,1-2H3. The van der Waals surface area contributed by atoms with E-state index in [0.717, 1.165) is 41.6 Å². The molecule has 3 N–H and O–H groups in total. The number of hydrogen-bond donors (Lipinski definition) is 3. The summed E-state index contributed by atoms with van der Waals surface area (Å²) in [5.74, 6) is 1.69. The van der Waals surface area contributed by atoms with Crippen LogP contribution >= 0.6 is 0 Å². The number of nitrogens with one attached hydrogen (secondary N) is 3. The minimum absolute atomic E-state index is 0.659. The van der Waals surface area contributed by atoms with Crippen molar-refractivity contribution in [1.29, 1.82) is 0 Å². The molecule has 0 atom stereocenters. The molecule has 0 spiro atoms. The minimum Gasteiger partial charge on any atom is -0.494 e. The first kappa shape index (κ1) is 18.1. The second-order valence-electron chi connectivity index (χ2n) is 6.62. The number of fused-ring (bicyclic) bond motifs is 1. The van der Waals surface area contributed by atoms with Gasteiger partial charge in [0, 0.05) is 6.54 Å². The predicted octanol–water partition coefficient (Wildman–Crippen LogP) is 4.64. The van der Waals surface area contributed by atoms with Crippen molar-refractivity contribution in [2.45, 2.75) is 26.8 Å². The van der Waals surface area contributed by atoms with Crippen LogP contribution in [0.2, 0.25) is 0 Å². The summed E-state index contributed by atoms with van der Waals surface area (Å²) < 4.78 is 5.51. The van der Waals surface area contributed by atoms with Crippen LogP contribution in [-0.2, 0) is 13.0 Å². The molecule has 2 aromatic carbocycles. The van der Waals surface area contributed by atoms with Crippen molar-refractivity contribution >= 4 is 22.9 Å². The number of hydrazine groups is 2. The lowest BCUT2D eigenvalue weighted by atomic mass is 10.1.